The minimum atomic E-state index is -0.244. The summed E-state index contributed by atoms with van der Waals surface area (Å²) in [4.78, 5) is 30.2. The van der Waals surface area contributed by atoms with Crippen molar-refractivity contribution in [2.45, 2.75) is 45.6 Å². The lowest BCUT2D eigenvalue weighted by atomic mass is 10.1. The van der Waals surface area contributed by atoms with Gasteiger partial charge in [-0.1, -0.05) is 36.4 Å². The number of furan rings is 1. The largest absolute Gasteiger partial charge is 0.464 e. The van der Waals surface area contributed by atoms with Gasteiger partial charge in [0.2, 0.25) is 18.6 Å². The molecule has 2 aliphatic rings. The Balaban J connectivity index is 1.28. The van der Waals surface area contributed by atoms with E-state index in [4.69, 9.17) is 23.4 Å². The van der Waals surface area contributed by atoms with Gasteiger partial charge in [0.15, 0.2) is 11.5 Å². The van der Waals surface area contributed by atoms with Crippen LogP contribution in [0, 0.1) is 6.92 Å². The maximum Gasteiger partial charge on any atom is 0.249 e. The number of hydrogen-bond acceptors (Lipinski definition) is 7. The quantitative estimate of drug-likeness (QED) is 0.346. The van der Waals surface area contributed by atoms with Crippen molar-refractivity contribution in [1.29, 1.82) is 0 Å². The first kappa shape index (κ1) is 26.8. The predicted octanol–water partition coefficient (Wildman–Crippen LogP) is 4.07. The number of ether oxygens (including phenoxy) is 4. The number of amides is 2. The highest BCUT2D eigenvalue weighted by atomic mass is 16.7. The molecule has 1 saturated heterocycles. The molecule has 0 aliphatic carbocycles. The fourth-order valence-electron chi connectivity index (χ4n) is 4.72. The zero-order valence-corrected chi connectivity index (χ0v) is 22.2. The van der Waals surface area contributed by atoms with Crippen LogP contribution in [0.2, 0.25) is 0 Å². The molecule has 5 rings (SSSR count). The molecule has 0 bridgehead atoms. The van der Waals surface area contributed by atoms with Crippen LogP contribution in [0.25, 0.3) is 0 Å². The second-order valence-corrected chi connectivity index (χ2v) is 9.84. The summed E-state index contributed by atoms with van der Waals surface area (Å²) in [5, 5.41) is 0. The Morgan fingerprint density at radius 3 is 2.54 bits per heavy atom. The molecule has 2 aliphatic heterocycles. The summed E-state index contributed by atoms with van der Waals surface area (Å²) in [5.74, 6) is 2.33. The van der Waals surface area contributed by atoms with E-state index < -0.39 is 0 Å². The summed E-state index contributed by atoms with van der Waals surface area (Å²) in [6, 6.07) is 19.0. The van der Waals surface area contributed by atoms with Crippen molar-refractivity contribution in [2.75, 3.05) is 33.1 Å². The smallest absolute Gasteiger partial charge is 0.249 e. The number of benzene rings is 2. The van der Waals surface area contributed by atoms with E-state index >= 15 is 0 Å². The number of rotatable bonds is 12. The zero-order chi connectivity index (χ0) is 27.0. The maximum atomic E-state index is 13.7. The Morgan fingerprint density at radius 2 is 1.77 bits per heavy atom. The van der Waals surface area contributed by atoms with Gasteiger partial charge in [0.05, 0.1) is 25.8 Å². The number of carbonyl (C=O) groups excluding carboxylic acids is 2. The number of aryl methyl sites for hydroxylation is 1. The van der Waals surface area contributed by atoms with Crippen molar-refractivity contribution in [3.8, 4) is 11.5 Å². The van der Waals surface area contributed by atoms with Crippen molar-refractivity contribution in [2.24, 2.45) is 0 Å². The summed E-state index contributed by atoms with van der Waals surface area (Å²) >= 11 is 0. The molecule has 1 unspecified atom stereocenters. The van der Waals surface area contributed by atoms with E-state index in [-0.39, 0.29) is 44.4 Å². The minimum absolute atomic E-state index is 0.0857. The Kier molecular flexibility index (Phi) is 8.80. The fourth-order valence-corrected chi connectivity index (χ4v) is 4.72. The molecule has 39 heavy (non-hydrogen) atoms. The summed E-state index contributed by atoms with van der Waals surface area (Å²) in [6.07, 6.45) is 1.71. The average Bonchev–Trinajstić information content (AvgIpc) is 3.71. The molecule has 1 fully saturated rings. The molecule has 1 aromatic heterocycles. The molecular weight excluding hydrogens is 500 g/mol. The number of hydrogen-bond donors (Lipinski definition) is 0. The zero-order valence-electron chi connectivity index (χ0n) is 22.2. The van der Waals surface area contributed by atoms with Crippen LogP contribution in [-0.4, -0.2) is 60.8 Å². The van der Waals surface area contributed by atoms with Gasteiger partial charge in [0.25, 0.3) is 0 Å². The Labute approximate surface area is 228 Å². The lowest BCUT2D eigenvalue weighted by Crippen LogP contribution is -2.46. The van der Waals surface area contributed by atoms with Gasteiger partial charge in [-0.25, -0.2) is 0 Å². The molecule has 2 aromatic carbocycles. The van der Waals surface area contributed by atoms with Crippen LogP contribution in [0.3, 0.4) is 0 Å². The van der Waals surface area contributed by atoms with Crippen LogP contribution in [0.1, 0.15) is 35.5 Å². The molecule has 3 heterocycles. The van der Waals surface area contributed by atoms with Gasteiger partial charge in [-0.05, 0) is 55.2 Å². The first-order valence-electron chi connectivity index (χ1n) is 13.3. The molecular formula is C30H34N2O7. The van der Waals surface area contributed by atoms with Crippen LogP contribution >= 0.6 is 0 Å². The van der Waals surface area contributed by atoms with Crippen molar-refractivity contribution in [1.82, 2.24) is 9.80 Å². The maximum absolute atomic E-state index is 13.7. The first-order chi connectivity index (χ1) is 19.0. The van der Waals surface area contributed by atoms with E-state index in [0.29, 0.717) is 43.6 Å². The third kappa shape index (κ3) is 7.40. The summed E-state index contributed by atoms with van der Waals surface area (Å²) in [6.45, 7) is 3.77. The fraction of sp³-hybridized carbons (Fsp3) is 0.400. The van der Waals surface area contributed by atoms with Crippen molar-refractivity contribution in [3.63, 3.8) is 0 Å². The molecule has 1 atom stereocenters. The average molecular weight is 535 g/mol. The highest BCUT2D eigenvalue weighted by Gasteiger charge is 2.27. The molecule has 206 valence electrons. The molecule has 0 radical (unpaired) electrons. The molecule has 9 nitrogen and oxygen atoms in total. The van der Waals surface area contributed by atoms with Gasteiger partial charge in [-0.3, -0.25) is 9.59 Å². The van der Waals surface area contributed by atoms with E-state index in [9.17, 15) is 9.59 Å². The van der Waals surface area contributed by atoms with Crippen LogP contribution in [0.15, 0.2) is 65.1 Å². The molecule has 0 N–H and O–H groups in total. The van der Waals surface area contributed by atoms with E-state index in [1.807, 2.05) is 67.6 Å². The van der Waals surface area contributed by atoms with Crippen LogP contribution < -0.4 is 9.47 Å². The molecule has 9 heteroatoms. The predicted molar refractivity (Wildman–Crippen MR) is 142 cm³/mol. The number of nitrogens with zero attached hydrogens (tertiary/aromatic N) is 2. The van der Waals surface area contributed by atoms with Gasteiger partial charge in [-0.15, -0.1) is 0 Å². The summed E-state index contributed by atoms with van der Waals surface area (Å²) < 4.78 is 28.2. The number of carbonyl (C=O) groups is 2. The summed E-state index contributed by atoms with van der Waals surface area (Å²) in [7, 11) is 0. The van der Waals surface area contributed by atoms with E-state index in [1.54, 1.807) is 9.80 Å². The van der Waals surface area contributed by atoms with Crippen LogP contribution in [0.5, 0.6) is 11.5 Å². The normalized spacial score (nSPS) is 15.9. The lowest BCUT2D eigenvalue weighted by Gasteiger charge is -2.29. The molecule has 3 aromatic rings. The Morgan fingerprint density at radius 1 is 0.923 bits per heavy atom. The van der Waals surface area contributed by atoms with Crippen molar-refractivity contribution < 1.29 is 33.0 Å². The lowest BCUT2D eigenvalue weighted by molar-refractivity contribution is -0.145. The van der Waals surface area contributed by atoms with Gasteiger partial charge in [0, 0.05) is 19.7 Å². The van der Waals surface area contributed by atoms with E-state index in [2.05, 4.69) is 0 Å². The third-order valence-electron chi connectivity index (χ3n) is 6.77. The first-order valence-corrected chi connectivity index (χ1v) is 13.3. The van der Waals surface area contributed by atoms with Crippen molar-refractivity contribution >= 4 is 11.8 Å². The number of fused-ring (bicyclic) bond motifs is 1. The van der Waals surface area contributed by atoms with E-state index in [1.165, 1.54) is 0 Å². The summed E-state index contributed by atoms with van der Waals surface area (Å²) in [5.41, 5.74) is 1.87. The Hall–Kier alpha value is -3.82. The van der Waals surface area contributed by atoms with E-state index in [0.717, 1.165) is 29.7 Å². The molecule has 2 amide bonds. The monoisotopic (exact) mass is 534 g/mol. The van der Waals surface area contributed by atoms with Crippen LogP contribution in [-0.2, 0) is 38.8 Å². The highest BCUT2D eigenvalue weighted by molar-refractivity contribution is 5.85. The van der Waals surface area contributed by atoms with Crippen molar-refractivity contribution in [3.05, 3.63) is 83.3 Å². The molecule has 0 spiro atoms. The second kappa shape index (κ2) is 12.8. The standard InChI is InChI=1S/C30H34N2O7/c1-22-9-11-26(39-22)17-31(15-24-10-12-27-28(14-24)38-21-37-27)29(33)18-32(16-25-8-5-13-36-25)30(34)20-35-19-23-6-3-2-4-7-23/h2-4,6-7,9-12,14,25H,5,8,13,15-21H2,1H3. The third-order valence-corrected chi connectivity index (χ3v) is 6.77. The molecule has 0 saturated carbocycles. The Bertz CT molecular complexity index is 1250. The van der Waals surface area contributed by atoms with Gasteiger partial charge in [-0.2, -0.15) is 0 Å². The second-order valence-electron chi connectivity index (χ2n) is 9.84. The topological polar surface area (TPSA) is 90.7 Å². The highest BCUT2D eigenvalue weighted by Crippen LogP contribution is 2.33. The van der Waals surface area contributed by atoms with Crippen LogP contribution in [0.4, 0.5) is 0 Å². The minimum Gasteiger partial charge on any atom is -0.464 e. The van der Waals surface area contributed by atoms with Gasteiger partial charge in [0.1, 0.15) is 18.1 Å². The van der Waals surface area contributed by atoms with Gasteiger partial charge < -0.3 is 33.2 Å². The van der Waals surface area contributed by atoms with Gasteiger partial charge >= 0.3 is 0 Å². The SMILES string of the molecule is Cc1ccc(CN(Cc2ccc3c(c2)OCO3)C(=O)CN(CC2CCCO2)C(=O)COCc2ccccc2)o1.